The van der Waals surface area contributed by atoms with Gasteiger partial charge < -0.3 is 14.9 Å². The van der Waals surface area contributed by atoms with E-state index >= 15 is 0 Å². The zero-order valence-corrected chi connectivity index (χ0v) is 13.0. The van der Waals surface area contributed by atoms with Crippen LogP contribution in [0.2, 0.25) is 0 Å². The topological polar surface area (TPSA) is 66.8 Å². The number of hydrogen-bond acceptors (Lipinski definition) is 3. The van der Waals surface area contributed by atoms with Crippen LogP contribution in [-0.2, 0) is 4.79 Å². The van der Waals surface area contributed by atoms with E-state index in [-0.39, 0.29) is 11.3 Å². The van der Waals surface area contributed by atoms with Crippen molar-refractivity contribution in [2.75, 3.05) is 6.61 Å². The molecule has 0 aliphatic heterocycles. The molecule has 0 bridgehead atoms. The molecule has 0 aromatic heterocycles. The number of hydrogen-bond donors (Lipinski definition) is 2. The molecule has 2 rings (SSSR count). The van der Waals surface area contributed by atoms with E-state index in [1.165, 1.54) is 12.1 Å². The van der Waals surface area contributed by atoms with Crippen molar-refractivity contribution in [1.29, 1.82) is 0 Å². The number of phenolic OH excluding ortho intramolecular Hbond substituents is 1. The maximum Gasteiger partial charge on any atom is 0.336 e. The first-order valence-corrected chi connectivity index (χ1v) is 7.57. The summed E-state index contributed by atoms with van der Waals surface area (Å²) in [6.07, 6.45) is 3.65. The summed E-state index contributed by atoms with van der Waals surface area (Å²) >= 11 is 0. The number of carboxylic acid groups (broad SMARTS) is 1. The van der Waals surface area contributed by atoms with E-state index in [0.717, 1.165) is 24.2 Å². The Morgan fingerprint density at radius 2 is 1.91 bits per heavy atom. The maximum absolute atomic E-state index is 11.5. The fourth-order valence-corrected chi connectivity index (χ4v) is 2.10. The SMILES string of the molecule is CCCCOc1ccc(/C=C(\C(=O)O)c2cccc(O)c2)cc1. The van der Waals surface area contributed by atoms with Crippen molar-refractivity contribution >= 4 is 17.6 Å². The van der Waals surface area contributed by atoms with E-state index in [1.54, 1.807) is 18.2 Å². The third-order valence-electron chi connectivity index (χ3n) is 3.35. The molecule has 0 aliphatic rings. The van der Waals surface area contributed by atoms with Crippen molar-refractivity contribution in [3.63, 3.8) is 0 Å². The lowest BCUT2D eigenvalue weighted by Crippen LogP contribution is -1.99. The van der Waals surface area contributed by atoms with Gasteiger partial charge in [0.05, 0.1) is 12.2 Å². The quantitative estimate of drug-likeness (QED) is 0.457. The van der Waals surface area contributed by atoms with Crippen LogP contribution in [0.15, 0.2) is 48.5 Å². The van der Waals surface area contributed by atoms with Crippen molar-refractivity contribution < 1.29 is 19.7 Å². The molecule has 4 nitrogen and oxygen atoms in total. The first kappa shape index (κ1) is 16.6. The Morgan fingerprint density at radius 3 is 2.52 bits per heavy atom. The molecule has 0 saturated carbocycles. The number of carbonyl (C=O) groups is 1. The van der Waals surface area contributed by atoms with Gasteiger partial charge in [-0.1, -0.05) is 37.6 Å². The zero-order chi connectivity index (χ0) is 16.7. The Balaban J connectivity index is 2.21. The summed E-state index contributed by atoms with van der Waals surface area (Å²) in [5.41, 5.74) is 1.34. The van der Waals surface area contributed by atoms with Crippen molar-refractivity contribution in [2.45, 2.75) is 19.8 Å². The van der Waals surface area contributed by atoms with Gasteiger partial charge in [-0.05, 0) is 47.9 Å². The zero-order valence-electron chi connectivity index (χ0n) is 13.0. The highest BCUT2D eigenvalue weighted by molar-refractivity contribution is 6.20. The second-order valence-electron chi connectivity index (χ2n) is 5.18. The molecule has 0 heterocycles. The van der Waals surface area contributed by atoms with Crippen LogP contribution < -0.4 is 4.74 Å². The molecule has 23 heavy (non-hydrogen) atoms. The van der Waals surface area contributed by atoms with Gasteiger partial charge in [0.1, 0.15) is 11.5 Å². The van der Waals surface area contributed by atoms with E-state index in [4.69, 9.17) is 4.74 Å². The lowest BCUT2D eigenvalue weighted by Gasteiger charge is -2.06. The van der Waals surface area contributed by atoms with Gasteiger partial charge in [-0.2, -0.15) is 0 Å². The number of phenols is 1. The Hall–Kier alpha value is -2.75. The van der Waals surface area contributed by atoms with Crippen LogP contribution in [0.25, 0.3) is 11.6 Å². The van der Waals surface area contributed by atoms with Gasteiger partial charge in [0.25, 0.3) is 0 Å². The number of aliphatic carboxylic acids is 1. The molecule has 4 heteroatoms. The second kappa shape index (κ2) is 8.03. The average Bonchev–Trinajstić information content (AvgIpc) is 2.54. The van der Waals surface area contributed by atoms with Gasteiger partial charge in [-0.25, -0.2) is 4.79 Å². The molecule has 0 saturated heterocycles. The van der Waals surface area contributed by atoms with Crippen molar-refractivity contribution in [2.24, 2.45) is 0 Å². The van der Waals surface area contributed by atoms with E-state index in [0.29, 0.717) is 12.2 Å². The van der Waals surface area contributed by atoms with E-state index in [2.05, 4.69) is 6.92 Å². The minimum Gasteiger partial charge on any atom is -0.508 e. The molecule has 0 amide bonds. The lowest BCUT2D eigenvalue weighted by atomic mass is 10.0. The molecule has 0 unspecified atom stereocenters. The number of aromatic hydroxyl groups is 1. The highest BCUT2D eigenvalue weighted by atomic mass is 16.5. The molecule has 2 aromatic carbocycles. The second-order valence-corrected chi connectivity index (χ2v) is 5.18. The molecule has 0 fully saturated rings. The minimum absolute atomic E-state index is 0.0364. The van der Waals surface area contributed by atoms with Gasteiger partial charge in [-0.15, -0.1) is 0 Å². The summed E-state index contributed by atoms with van der Waals surface area (Å²) in [7, 11) is 0. The predicted octanol–water partition coefficient (Wildman–Crippen LogP) is 4.20. The largest absolute Gasteiger partial charge is 0.508 e. The van der Waals surface area contributed by atoms with E-state index < -0.39 is 5.97 Å². The number of ether oxygens (including phenoxy) is 1. The first-order chi connectivity index (χ1) is 11.1. The summed E-state index contributed by atoms with van der Waals surface area (Å²) < 4.78 is 5.58. The van der Waals surface area contributed by atoms with Crippen LogP contribution in [-0.4, -0.2) is 22.8 Å². The van der Waals surface area contributed by atoms with Gasteiger partial charge in [-0.3, -0.25) is 0 Å². The number of unbranched alkanes of at least 4 members (excludes halogenated alkanes) is 1. The summed E-state index contributed by atoms with van der Waals surface area (Å²) in [5.74, 6) is -0.238. The lowest BCUT2D eigenvalue weighted by molar-refractivity contribution is -0.130. The molecule has 2 N–H and O–H groups in total. The van der Waals surface area contributed by atoms with Crippen LogP contribution in [0.5, 0.6) is 11.5 Å². The number of benzene rings is 2. The maximum atomic E-state index is 11.5. The van der Waals surface area contributed by atoms with Gasteiger partial charge in [0.2, 0.25) is 0 Å². The molecule has 0 aliphatic carbocycles. The Bertz CT molecular complexity index is 687. The smallest absolute Gasteiger partial charge is 0.336 e. The minimum atomic E-state index is -1.04. The summed E-state index contributed by atoms with van der Waals surface area (Å²) in [5, 5.41) is 18.9. The third-order valence-corrected chi connectivity index (χ3v) is 3.35. The predicted molar refractivity (Wildman–Crippen MR) is 90.5 cm³/mol. The van der Waals surface area contributed by atoms with Crippen LogP contribution in [0.4, 0.5) is 0 Å². The van der Waals surface area contributed by atoms with Gasteiger partial charge in [0.15, 0.2) is 0 Å². The summed E-state index contributed by atoms with van der Waals surface area (Å²) in [6.45, 7) is 2.78. The highest BCUT2D eigenvalue weighted by Crippen LogP contribution is 2.23. The monoisotopic (exact) mass is 312 g/mol. The fraction of sp³-hybridized carbons (Fsp3) is 0.211. The van der Waals surface area contributed by atoms with Gasteiger partial charge >= 0.3 is 5.97 Å². The van der Waals surface area contributed by atoms with Crippen LogP contribution in [0.3, 0.4) is 0 Å². The van der Waals surface area contributed by atoms with Crippen LogP contribution in [0, 0.1) is 0 Å². The summed E-state index contributed by atoms with van der Waals surface area (Å²) in [4.78, 5) is 11.5. The first-order valence-electron chi connectivity index (χ1n) is 7.57. The normalized spacial score (nSPS) is 11.3. The third kappa shape index (κ3) is 4.88. The van der Waals surface area contributed by atoms with Crippen LogP contribution >= 0.6 is 0 Å². The number of rotatable bonds is 7. The fourth-order valence-electron chi connectivity index (χ4n) is 2.10. The van der Waals surface area contributed by atoms with Crippen molar-refractivity contribution in [3.8, 4) is 11.5 Å². The van der Waals surface area contributed by atoms with Gasteiger partial charge in [0, 0.05) is 0 Å². The molecule has 0 radical (unpaired) electrons. The van der Waals surface area contributed by atoms with E-state index in [9.17, 15) is 15.0 Å². The Morgan fingerprint density at radius 1 is 1.17 bits per heavy atom. The molecule has 2 aromatic rings. The average molecular weight is 312 g/mol. The molecule has 120 valence electrons. The molecule has 0 atom stereocenters. The summed E-state index contributed by atoms with van der Waals surface area (Å²) in [6, 6.07) is 13.5. The molecule has 0 spiro atoms. The molecular formula is C19H20O4. The highest BCUT2D eigenvalue weighted by Gasteiger charge is 2.11. The van der Waals surface area contributed by atoms with Crippen molar-refractivity contribution in [1.82, 2.24) is 0 Å². The molecular weight excluding hydrogens is 292 g/mol. The Kier molecular flexibility index (Phi) is 5.80. The van der Waals surface area contributed by atoms with Crippen LogP contribution in [0.1, 0.15) is 30.9 Å². The van der Waals surface area contributed by atoms with Crippen molar-refractivity contribution in [3.05, 3.63) is 59.7 Å². The van der Waals surface area contributed by atoms with E-state index in [1.807, 2.05) is 24.3 Å². The Labute approximate surface area is 135 Å². The standard InChI is InChI=1S/C19H20O4/c1-2-3-11-23-17-9-7-14(8-10-17)12-18(19(21)22)15-5-4-6-16(20)13-15/h4-10,12-13,20H,2-3,11H2,1H3,(H,21,22)/b18-12-. The number of carboxylic acids is 1.